The summed E-state index contributed by atoms with van der Waals surface area (Å²) in [7, 11) is 0. The van der Waals surface area contributed by atoms with E-state index in [1.807, 2.05) is 41.3 Å². The number of hydrogen-bond donors (Lipinski definition) is 0. The minimum atomic E-state index is -0.0497. The largest absolute Gasteiger partial charge is 0.493 e. The third-order valence-electron chi connectivity index (χ3n) is 4.39. The van der Waals surface area contributed by atoms with Gasteiger partial charge in [0.1, 0.15) is 11.5 Å². The topological polar surface area (TPSA) is 42.7 Å². The van der Waals surface area contributed by atoms with Crippen molar-refractivity contribution in [2.45, 2.75) is 39.8 Å². The van der Waals surface area contributed by atoms with E-state index in [-0.39, 0.29) is 5.91 Å². The standard InChI is InChI=1S/C22H25NO3S/c1-3-4-12-26-20-10-6-5-9-19(20)22(24)23(15-18-8-7-13-25-18)16-21-17(2)11-14-27-21/h5-11,13-14H,3-4,12,15-16H2,1-2H3. The van der Waals surface area contributed by atoms with Crippen molar-refractivity contribution in [3.8, 4) is 5.75 Å². The molecule has 3 aromatic rings. The van der Waals surface area contributed by atoms with Gasteiger partial charge in [0.15, 0.2) is 0 Å². The average molecular weight is 384 g/mol. The van der Waals surface area contributed by atoms with Crippen molar-refractivity contribution in [1.29, 1.82) is 0 Å². The number of thiophene rings is 1. The Labute approximate surface area is 164 Å². The fraction of sp³-hybridized carbons (Fsp3) is 0.318. The molecule has 0 aliphatic heterocycles. The van der Waals surface area contributed by atoms with Crippen LogP contribution in [0.15, 0.2) is 58.5 Å². The smallest absolute Gasteiger partial charge is 0.258 e. The number of para-hydroxylation sites is 1. The lowest BCUT2D eigenvalue weighted by atomic mass is 10.1. The minimum absolute atomic E-state index is 0.0497. The highest BCUT2D eigenvalue weighted by Crippen LogP contribution is 2.25. The Kier molecular flexibility index (Phi) is 6.71. The Morgan fingerprint density at radius 2 is 2.00 bits per heavy atom. The minimum Gasteiger partial charge on any atom is -0.493 e. The molecule has 0 fully saturated rings. The third kappa shape index (κ3) is 5.01. The van der Waals surface area contributed by atoms with Crippen LogP contribution in [0.4, 0.5) is 0 Å². The molecule has 5 heteroatoms. The molecule has 3 rings (SSSR count). The number of benzene rings is 1. The first-order chi connectivity index (χ1) is 13.2. The van der Waals surface area contributed by atoms with E-state index in [0.717, 1.165) is 18.6 Å². The number of amides is 1. The molecule has 142 valence electrons. The molecule has 2 heterocycles. The quantitative estimate of drug-likeness (QED) is 0.447. The van der Waals surface area contributed by atoms with E-state index in [0.29, 0.717) is 31.0 Å². The van der Waals surface area contributed by atoms with E-state index >= 15 is 0 Å². The highest BCUT2D eigenvalue weighted by atomic mass is 32.1. The number of carbonyl (C=O) groups excluding carboxylic acids is 1. The van der Waals surface area contributed by atoms with Crippen LogP contribution in [0.1, 0.15) is 46.3 Å². The molecule has 1 amide bonds. The van der Waals surface area contributed by atoms with Crippen LogP contribution >= 0.6 is 11.3 Å². The van der Waals surface area contributed by atoms with Crippen molar-refractivity contribution in [3.63, 3.8) is 0 Å². The fourth-order valence-electron chi connectivity index (χ4n) is 2.80. The average Bonchev–Trinajstić information content (AvgIpc) is 3.33. The van der Waals surface area contributed by atoms with Crippen molar-refractivity contribution in [2.75, 3.05) is 6.61 Å². The van der Waals surface area contributed by atoms with Gasteiger partial charge in [0, 0.05) is 4.88 Å². The molecule has 0 bridgehead atoms. The Morgan fingerprint density at radius 1 is 1.15 bits per heavy atom. The van der Waals surface area contributed by atoms with E-state index in [2.05, 4.69) is 25.3 Å². The predicted molar refractivity (Wildman–Crippen MR) is 108 cm³/mol. The third-order valence-corrected chi connectivity index (χ3v) is 5.40. The maximum absolute atomic E-state index is 13.4. The van der Waals surface area contributed by atoms with Gasteiger partial charge in [-0.15, -0.1) is 11.3 Å². The van der Waals surface area contributed by atoms with Gasteiger partial charge in [0.25, 0.3) is 5.91 Å². The fourth-order valence-corrected chi connectivity index (χ4v) is 3.72. The lowest BCUT2D eigenvalue weighted by Crippen LogP contribution is -2.30. The van der Waals surface area contributed by atoms with Gasteiger partial charge in [-0.1, -0.05) is 25.5 Å². The van der Waals surface area contributed by atoms with E-state index in [9.17, 15) is 4.79 Å². The van der Waals surface area contributed by atoms with Crippen LogP contribution in [0.25, 0.3) is 0 Å². The molecule has 0 unspecified atom stereocenters. The molecule has 0 aliphatic carbocycles. The molecule has 0 saturated heterocycles. The Balaban J connectivity index is 1.85. The number of aryl methyl sites for hydroxylation is 1. The zero-order valence-electron chi connectivity index (χ0n) is 15.8. The van der Waals surface area contributed by atoms with E-state index in [1.165, 1.54) is 10.4 Å². The summed E-state index contributed by atoms with van der Waals surface area (Å²) < 4.78 is 11.4. The van der Waals surface area contributed by atoms with Crippen molar-refractivity contribution in [2.24, 2.45) is 0 Å². The van der Waals surface area contributed by atoms with Crippen LogP contribution in [0.5, 0.6) is 5.75 Å². The monoisotopic (exact) mass is 383 g/mol. The number of ether oxygens (including phenoxy) is 1. The molecule has 0 saturated carbocycles. The van der Waals surface area contributed by atoms with Crippen molar-refractivity contribution >= 4 is 17.2 Å². The normalized spacial score (nSPS) is 10.7. The highest BCUT2D eigenvalue weighted by Gasteiger charge is 2.22. The van der Waals surface area contributed by atoms with Crippen molar-refractivity contribution < 1.29 is 13.9 Å². The second-order valence-electron chi connectivity index (χ2n) is 6.47. The maximum atomic E-state index is 13.4. The molecular weight excluding hydrogens is 358 g/mol. The molecule has 4 nitrogen and oxygen atoms in total. The van der Waals surface area contributed by atoms with E-state index in [4.69, 9.17) is 9.15 Å². The summed E-state index contributed by atoms with van der Waals surface area (Å²) in [5.74, 6) is 1.36. The lowest BCUT2D eigenvalue weighted by Gasteiger charge is -2.23. The molecule has 0 atom stereocenters. The Hall–Kier alpha value is -2.53. The first-order valence-electron chi connectivity index (χ1n) is 9.25. The van der Waals surface area contributed by atoms with Gasteiger partial charge in [0.05, 0.1) is 31.5 Å². The Morgan fingerprint density at radius 3 is 2.70 bits per heavy atom. The second kappa shape index (κ2) is 9.42. The van der Waals surface area contributed by atoms with Gasteiger partial charge >= 0.3 is 0 Å². The SMILES string of the molecule is CCCCOc1ccccc1C(=O)N(Cc1ccco1)Cc1sccc1C. The molecule has 2 aromatic heterocycles. The lowest BCUT2D eigenvalue weighted by molar-refractivity contribution is 0.0714. The van der Waals surface area contributed by atoms with Crippen LogP contribution in [0, 0.1) is 6.92 Å². The summed E-state index contributed by atoms with van der Waals surface area (Å²) in [6.45, 7) is 5.78. The number of carbonyl (C=O) groups is 1. The summed E-state index contributed by atoms with van der Waals surface area (Å²) in [6.07, 6.45) is 3.65. The van der Waals surface area contributed by atoms with Crippen molar-refractivity contribution in [1.82, 2.24) is 4.90 Å². The summed E-state index contributed by atoms with van der Waals surface area (Å²) in [4.78, 5) is 16.4. The maximum Gasteiger partial charge on any atom is 0.258 e. The molecule has 1 aromatic carbocycles. The second-order valence-corrected chi connectivity index (χ2v) is 7.47. The summed E-state index contributed by atoms with van der Waals surface area (Å²) in [5, 5.41) is 2.06. The number of unbranched alkanes of at least 4 members (excludes halogenated alkanes) is 1. The summed E-state index contributed by atoms with van der Waals surface area (Å²) in [5.41, 5.74) is 1.79. The predicted octanol–water partition coefficient (Wildman–Crippen LogP) is 5.67. The molecule has 0 N–H and O–H groups in total. The highest BCUT2D eigenvalue weighted by molar-refractivity contribution is 7.10. The number of nitrogens with zero attached hydrogens (tertiary/aromatic N) is 1. The summed E-state index contributed by atoms with van der Waals surface area (Å²) >= 11 is 1.67. The number of furan rings is 1. The molecule has 27 heavy (non-hydrogen) atoms. The molecule has 0 spiro atoms. The van der Waals surface area contributed by atoms with Crippen LogP contribution in [0.3, 0.4) is 0 Å². The van der Waals surface area contributed by atoms with Gasteiger partial charge in [-0.25, -0.2) is 0 Å². The zero-order valence-corrected chi connectivity index (χ0v) is 16.6. The van der Waals surface area contributed by atoms with E-state index < -0.39 is 0 Å². The number of rotatable bonds is 9. The van der Waals surface area contributed by atoms with Crippen LogP contribution < -0.4 is 4.74 Å². The van der Waals surface area contributed by atoms with Gasteiger partial charge < -0.3 is 14.1 Å². The Bertz CT molecular complexity index is 854. The summed E-state index contributed by atoms with van der Waals surface area (Å²) in [6, 6.07) is 13.3. The van der Waals surface area contributed by atoms with E-state index in [1.54, 1.807) is 17.6 Å². The molecule has 0 radical (unpaired) electrons. The molecular formula is C22H25NO3S. The van der Waals surface area contributed by atoms with Gasteiger partial charge in [-0.05, 0) is 54.6 Å². The van der Waals surface area contributed by atoms with Crippen molar-refractivity contribution in [3.05, 3.63) is 75.9 Å². The van der Waals surface area contributed by atoms with Crippen LogP contribution in [-0.4, -0.2) is 17.4 Å². The van der Waals surface area contributed by atoms with Crippen LogP contribution in [0.2, 0.25) is 0 Å². The molecule has 0 aliphatic rings. The first-order valence-corrected chi connectivity index (χ1v) is 10.1. The van der Waals surface area contributed by atoms with Crippen LogP contribution in [-0.2, 0) is 13.1 Å². The van der Waals surface area contributed by atoms with Gasteiger partial charge in [0.2, 0.25) is 0 Å². The van der Waals surface area contributed by atoms with Gasteiger partial charge in [-0.2, -0.15) is 0 Å². The first kappa shape index (κ1) is 19.2. The zero-order chi connectivity index (χ0) is 19.1. The van der Waals surface area contributed by atoms with Gasteiger partial charge in [-0.3, -0.25) is 4.79 Å². The number of hydrogen-bond acceptors (Lipinski definition) is 4.